The van der Waals surface area contributed by atoms with Crippen molar-refractivity contribution in [2.24, 2.45) is 0 Å². The molecule has 0 aliphatic rings. The number of hydrogen-bond acceptors (Lipinski definition) is 5. The van der Waals surface area contributed by atoms with Crippen molar-refractivity contribution >= 4 is 23.2 Å². The summed E-state index contributed by atoms with van der Waals surface area (Å²) in [4.78, 5) is 24.7. The van der Waals surface area contributed by atoms with E-state index in [1.165, 1.54) is 6.26 Å². The van der Waals surface area contributed by atoms with Crippen LogP contribution in [0.1, 0.15) is 27.5 Å². The maximum absolute atomic E-state index is 12.0. The van der Waals surface area contributed by atoms with Gasteiger partial charge in [-0.2, -0.15) is 5.10 Å². The molecule has 0 fully saturated rings. The number of carbonyl (C=O) groups is 2. The number of carbonyl (C=O) groups excluding carboxylic acids is 2. The van der Waals surface area contributed by atoms with Gasteiger partial charge in [-0.1, -0.05) is 6.07 Å². The van der Waals surface area contributed by atoms with Crippen LogP contribution in [0.2, 0.25) is 0 Å². The number of hydrogen-bond donors (Lipinski definition) is 3. The van der Waals surface area contributed by atoms with Gasteiger partial charge in [-0.3, -0.25) is 14.7 Å². The molecule has 3 heterocycles. The predicted octanol–water partition coefficient (Wildman–Crippen LogP) is 2.28. The topological polar surface area (TPSA) is 100 Å². The van der Waals surface area contributed by atoms with Gasteiger partial charge >= 0.3 is 0 Å². The van der Waals surface area contributed by atoms with E-state index in [1.54, 1.807) is 29.5 Å². The molecule has 0 aliphatic heterocycles. The molecular weight excluding hydrogens is 328 g/mol. The second-order valence-corrected chi connectivity index (χ2v) is 5.93. The molecule has 3 N–H and O–H groups in total. The van der Waals surface area contributed by atoms with E-state index in [0.717, 1.165) is 10.6 Å². The zero-order chi connectivity index (χ0) is 16.8. The highest BCUT2D eigenvalue weighted by Gasteiger charge is 2.11. The first-order chi connectivity index (χ1) is 11.7. The molecule has 3 rings (SSSR count). The van der Waals surface area contributed by atoms with Crippen molar-refractivity contribution in [2.75, 3.05) is 13.1 Å². The molecule has 0 aromatic carbocycles. The fraction of sp³-hybridized carbons (Fsp3) is 0.188. The van der Waals surface area contributed by atoms with E-state index in [4.69, 9.17) is 4.42 Å². The van der Waals surface area contributed by atoms with Gasteiger partial charge in [0.05, 0.1) is 16.8 Å². The first kappa shape index (κ1) is 16.0. The molecule has 0 spiro atoms. The molecule has 0 saturated carbocycles. The minimum atomic E-state index is -0.265. The molecule has 0 aliphatic carbocycles. The summed E-state index contributed by atoms with van der Waals surface area (Å²) in [5, 5.41) is 14.3. The van der Waals surface area contributed by atoms with E-state index < -0.39 is 0 Å². The Kier molecular flexibility index (Phi) is 5.07. The summed E-state index contributed by atoms with van der Waals surface area (Å²) in [6.07, 6.45) is 2.06. The molecule has 7 nitrogen and oxygen atoms in total. The molecule has 124 valence electrons. The van der Waals surface area contributed by atoms with Crippen LogP contribution in [0.25, 0.3) is 10.6 Å². The van der Waals surface area contributed by atoms with Gasteiger partial charge in [0.15, 0.2) is 11.5 Å². The summed E-state index contributed by atoms with van der Waals surface area (Å²) in [6.45, 7) is 0.888. The molecule has 2 amide bonds. The molecule has 3 aromatic heterocycles. The highest BCUT2D eigenvalue weighted by molar-refractivity contribution is 7.13. The first-order valence-corrected chi connectivity index (χ1v) is 8.31. The molecule has 0 saturated heterocycles. The van der Waals surface area contributed by atoms with Crippen LogP contribution in [-0.4, -0.2) is 35.1 Å². The second kappa shape index (κ2) is 7.60. The van der Waals surface area contributed by atoms with Gasteiger partial charge in [-0.15, -0.1) is 11.3 Å². The average molecular weight is 344 g/mol. The van der Waals surface area contributed by atoms with E-state index in [2.05, 4.69) is 20.8 Å². The minimum Gasteiger partial charge on any atom is -0.459 e. The smallest absolute Gasteiger partial charge is 0.286 e. The largest absolute Gasteiger partial charge is 0.459 e. The Hall–Kier alpha value is -2.87. The second-order valence-electron chi connectivity index (χ2n) is 4.99. The Morgan fingerprint density at radius 3 is 2.71 bits per heavy atom. The lowest BCUT2D eigenvalue weighted by Crippen LogP contribution is -2.29. The van der Waals surface area contributed by atoms with E-state index in [9.17, 15) is 9.59 Å². The third-order valence-electron chi connectivity index (χ3n) is 3.27. The SMILES string of the molecule is O=C(NCCCNC(=O)c1ccco1)c1cc(-c2cccs2)[nH]n1. The summed E-state index contributed by atoms with van der Waals surface area (Å²) < 4.78 is 4.99. The minimum absolute atomic E-state index is 0.244. The third kappa shape index (κ3) is 3.90. The van der Waals surface area contributed by atoms with Gasteiger partial charge in [0, 0.05) is 13.1 Å². The normalized spacial score (nSPS) is 10.5. The summed E-state index contributed by atoms with van der Waals surface area (Å²) in [6, 6.07) is 8.88. The van der Waals surface area contributed by atoms with E-state index >= 15 is 0 Å². The zero-order valence-electron chi connectivity index (χ0n) is 12.7. The van der Waals surface area contributed by atoms with Crippen molar-refractivity contribution in [1.29, 1.82) is 0 Å². The number of aromatic amines is 1. The summed E-state index contributed by atoms with van der Waals surface area (Å²) in [5.74, 6) is -0.234. The van der Waals surface area contributed by atoms with Crippen molar-refractivity contribution in [3.63, 3.8) is 0 Å². The molecule has 0 radical (unpaired) electrons. The number of nitrogens with zero attached hydrogens (tertiary/aromatic N) is 1. The fourth-order valence-corrected chi connectivity index (χ4v) is 2.77. The summed E-state index contributed by atoms with van der Waals surface area (Å²) >= 11 is 1.58. The van der Waals surface area contributed by atoms with Crippen molar-refractivity contribution in [3.05, 3.63) is 53.4 Å². The van der Waals surface area contributed by atoms with Gasteiger partial charge in [0.2, 0.25) is 0 Å². The van der Waals surface area contributed by atoms with Crippen molar-refractivity contribution < 1.29 is 14.0 Å². The summed E-state index contributed by atoms with van der Waals surface area (Å²) in [5.41, 5.74) is 1.17. The lowest BCUT2D eigenvalue weighted by atomic mass is 10.3. The van der Waals surface area contributed by atoms with E-state index in [-0.39, 0.29) is 17.6 Å². The van der Waals surface area contributed by atoms with Crippen LogP contribution < -0.4 is 10.6 Å². The molecule has 8 heteroatoms. The monoisotopic (exact) mass is 344 g/mol. The first-order valence-electron chi connectivity index (χ1n) is 7.43. The number of H-pyrrole nitrogens is 1. The number of rotatable bonds is 7. The number of nitrogens with one attached hydrogen (secondary N) is 3. The van der Waals surface area contributed by atoms with Crippen LogP contribution in [-0.2, 0) is 0 Å². The Bertz CT molecular complexity index is 793. The molecule has 0 unspecified atom stereocenters. The zero-order valence-corrected chi connectivity index (χ0v) is 13.6. The summed E-state index contributed by atoms with van der Waals surface area (Å²) in [7, 11) is 0. The van der Waals surface area contributed by atoms with Crippen LogP contribution >= 0.6 is 11.3 Å². The van der Waals surface area contributed by atoms with Crippen molar-refractivity contribution in [3.8, 4) is 10.6 Å². The van der Waals surface area contributed by atoms with Crippen LogP contribution in [0.4, 0.5) is 0 Å². The van der Waals surface area contributed by atoms with Gasteiger partial charge < -0.3 is 15.1 Å². The van der Waals surface area contributed by atoms with Gasteiger partial charge in [0.25, 0.3) is 11.8 Å². The number of amides is 2. The van der Waals surface area contributed by atoms with Gasteiger partial charge in [0.1, 0.15) is 0 Å². The fourth-order valence-electron chi connectivity index (χ4n) is 2.07. The third-order valence-corrected chi connectivity index (χ3v) is 4.17. The molecule has 3 aromatic rings. The van der Waals surface area contributed by atoms with Crippen LogP contribution in [0.15, 0.2) is 46.4 Å². The number of furan rings is 1. The van der Waals surface area contributed by atoms with Crippen LogP contribution in [0.5, 0.6) is 0 Å². The number of thiophene rings is 1. The molecule has 0 atom stereocenters. The Morgan fingerprint density at radius 1 is 1.17 bits per heavy atom. The Morgan fingerprint density at radius 2 is 2.00 bits per heavy atom. The lowest BCUT2D eigenvalue weighted by Gasteiger charge is -2.04. The predicted molar refractivity (Wildman–Crippen MR) is 89.9 cm³/mol. The van der Waals surface area contributed by atoms with Crippen LogP contribution in [0, 0.1) is 0 Å². The highest BCUT2D eigenvalue weighted by Crippen LogP contribution is 2.22. The lowest BCUT2D eigenvalue weighted by molar-refractivity contribution is 0.0925. The highest BCUT2D eigenvalue weighted by atomic mass is 32.1. The quantitative estimate of drug-likeness (QED) is 0.573. The standard InChI is InChI=1S/C16H16N4O3S/c21-15(12-10-11(19-20-12)14-5-2-9-24-14)17-6-3-7-18-16(22)13-4-1-8-23-13/h1-2,4-5,8-10H,3,6-7H2,(H,17,21)(H,18,22)(H,19,20). The number of aromatic nitrogens is 2. The molecule has 0 bridgehead atoms. The van der Waals surface area contributed by atoms with E-state index in [0.29, 0.717) is 25.2 Å². The Labute approximate surface area is 142 Å². The van der Waals surface area contributed by atoms with Crippen molar-refractivity contribution in [2.45, 2.75) is 6.42 Å². The molecular formula is C16H16N4O3S. The van der Waals surface area contributed by atoms with Gasteiger partial charge in [-0.05, 0) is 36.1 Å². The van der Waals surface area contributed by atoms with Gasteiger partial charge in [-0.25, -0.2) is 0 Å². The maximum Gasteiger partial charge on any atom is 0.286 e. The Balaban J connectivity index is 1.39. The maximum atomic E-state index is 12.0. The molecule has 24 heavy (non-hydrogen) atoms. The van der Waals surface area contributed by atoms with Crippen LogP contribution in [0.3, 0.4) is 0 Å². The van der Waals surface area contributed by atoms with E-state index in [1.807, 2.05) is 17.5 Å². The average Bonchev–Trinajstić information content (AvgIpc) is 3.35. The van der Waals surface area contributed by atoms with Crippen molar-refractivity contribution in [1.82, 2.24) is 20.8 Å².